The number of hydrogen-bond donors (Lipinski definition) is 2. The van der Waals surface area contributed by atoms with Gasteiger partial charge in [-0.2, -0.15) is 5.10 Å². The minimum atomic E-state index is 0.113. The van der Waals surface area contributed by atoms with Gasteiger partial charge in [-0.25, -0.2) is 0 Å². The standard InChI is InChI=1S/C14H22N4O/c1-9-6-15-7-10(9)14(19)17-12-4-3-5-13-11(12)8-16-18(13)2/h8-10,12,15H,3-7H2,1-2H3,(H,17,19). The van der Waals surface area contributed by atoms with E-state index in [0.29, 0.717) is 5.92 Å². The highest BCUT2D eigenvalue weighted by atomic mass is 16.2. The van der Waals surface area contributed by atoms with Gasteiger partial charge in [0, 0.05) is 24.8 Å². The molecule has 1 aromatic heterocycles. The zero-order valence-corrected chi connectivity index (χ0v) is 11.6. The molecular formula is C14H22N4O. The first-order valence-electron chi connectivity index (χ1n) is 7.18. The largest absolute Gasteiger partial charge is 0.349 e. The lowest BCUT2D eigenvalue weighted by Crippen LogP contribution is -2.38. The van der Waals surface area contributed by atoms with Crippen molar-refractivity contribution in [3.05, 3.63) is 17.5 Å². The number of carbonyl (C=O) groups is 1. The van der Waals surface area contributed by atoms with E-state index in [4.69, 9.17) is 0 Å². The number of aryl methyl sites for hydroxylation is 1. The third-order valence-corrected chi connectivity index (χ3v) is 4.55. The van der Waals surface area contributed by atoms with Crippen molar-refractivity contribution >= 4 is 5.91 Å². The van der Waals surface area contributed by atoms with E-state index in [1.54, 1.807) is 0 Å². The maximum absolute atomic E-state index is 12.4. The van der Waals surface area contributed by atoms with E-state index < -0.39 is 0 Å². The summed E-state index contributed by atoms with van der Waals surface area (Å²) in [7, 11) is 1.98. The summed E-state index contributed by atoms with van der Waals surface area (Å²) in [6.07, 6.45) is 5.13. The molecule has 104 valence electrons. The molecule has 1 aliphatic carbocycles. The Morgan fingerprint density at radius 2 is 2.37 bits per heavy atom. The molecule has 3 unspecified atom stereocenters. The smallest absolute Gasteiger partial charge is 0.225 e. The predicted octanol–water partition coefficient (Wildman–Crippen LogP) is 0.769. The molecule has 2 heterocycles. The Balaban J connectivity index is 1.72. The summed E-state index contributed by atoms with van der Waals surface area (Å²) < 4.78 is 1.94. The molecule has 3 atom stereocenters. The van der Waals surface area contributed by atoms with E-state index >= 15 is 0 Å². The van der Waals surface area contributed by atoms with Crippen LogP contribution in [0.4, 0.5) is 0 Å². The second-order valence-electron chi connectivity index (χ2n) is 5.87. The molecule has 1 saturated heterocycles. The molecule has 2 N–H and O–H groups in total. The van der Waals surface area contributed by atoms with Gasteiger partial charge in [-0.3, -0.25) is 9.48 Å². The summed E-state index contributed by atoms with van der Waals surface area (Å²) in [4.78, 5) is 12.4. The molecule has 0 radical (unpaired) electrons. The zero-order valence-electron chi connectivity index (χ0n) is 11.6. The van der Waals surface area contributed by atoms with Gasteiger partial charge in [-0.05, 0) is 31.7 Å². The van der Waals surface area contributed by atoms with Gasteiger partial charge in [-0.15, -0.1) is 0 Å². The lowest BCUT2D eigenvalue weighted by Gasteiger charge is -2.25. The topological polar surface area (TPSA) is 59.0 Å². The monoisotopic (exact) mass is 262 g/mol. The summed E-state index contributed by atoms with van der Waals surface area (Å²) in [5.41, 5.74) is 2.48. The van der Waals surface area contributed by atoms with E-state index in [0.717, 1.165) is 32.4 Å². The molecule has 19 heavy (non-hydrogen) atoms. The predicted molar refractivity (Wildman–Crippen MR) is 72.6 cm³/mol. The Kier molecular flexibility index (Phi) is 3.31. The van der Waals surface area contributed by atoms with Crippen molar-refractivity contribution in [2.75, 3.05) is 13.1 Å². The van der Waals surface area contributed by atoms with Crippen LogP contribution in [-0.4, -0.2) is 28.8 Å². The van der Waals surface area contributed by atoms with Crippen LogP contribution in [0, 0.1) is 11.8 Å². The Morgan fingerprint density at radius 3 is 3.11 bits per heavy atom. The molecule has 1 aromatic rings. The average Bonchev–Trinajstić information content (AvgIpc) is 2.97. The lowest BCUT2D eigenvalue weighted by atomic mass is 9.91. The Labute approximate surface area is 113 Å². The Bertz CT molecular complexity index is 482. The van der Waals surface area contributed by atoms with Crippen LogP contribution in [0.3, 0.4) is 0 Å². The highest BCUT2D eigenvalue weighted by Gasteiger charge is 2.32. The van der Waals surface area contributed by atoms with Gasteiger partial charge in [0.25, 0.3) is 0 Å². The van der Waals surface area contributed by atoms with Crippen LogP contribution in [0.2, 0.25) is 0 Å². The van der Waals surface area contributed by atoms with Crippen molar-refractivity contribution in [2.24, 2.45) is 18.9 Å². The fourth-order valence-electron chi connectivity index (χ4n) is 3.30. The molecule has 1 aliphatic heterocycles. The number of amides is 1. The van der Waals surface area contributed by atoms with E-state index in [9.17, 15) is 4.79 Å². The summed E-state index contributed by atoms with van der Waals surface area (Å²) >= 11 is 0. The van der Waals surface area contributed by atoms with Crippen LogP contribution in [-0.2, 0) is 18.3 Å². The van der Waals surface area contributed by atoms with Crippen molar-refractivity contribution in [1.82, 2.24) is 20.4 Å². The number of nitrogens with one attached hydrogen (secondary N) is 2. The first-order chi connectivity index (χ1) is 9.16. The third kappa shape index (κ3) is 2.27. The number of carbonyl (C=O) groups excluding carboxylic acids is 1. The van der Waals surface area contributed by atoms with Gasteiger partial charge in [0.05, 0.1) is 18.2 Å². The molecule has 1 amide bonds. The maximum atomic E-state index is 12.4. The van der Waals surface area contributed by atoms with Crippen LogP contribution >= 0.6 is 0 Å². The highest BCUT2D eigenvalue weighted by molar-refractivity contribution is 5.80. The highest BCUT2D eigenvalue weighted by Crippen LogP contribution is 2.30. The Morgan fingerprint density at radius 1 is 1.53 bits per heavy atom. The number of rotatable bonds is 2. The SMILES string of the molecule is CC1CNCC1C(=O)NC1CCCc2c1cnn2C. The molecule has 5 nitrogen and oxygen atoms in total. The first-order valence-corrected chi connectivity index (χ1v) is 7.18. The van der Waals surface area contributed by atoms with Gasteiger partial charge in [0.2, 0.25) is 5.91 Å². The summed E-state index contributed by atoms with van der Waals surface area (Å²) in [6, 6.07) is 0.151. The number of aromatic nitrogens is 2. The van der Waals surface area contributed by atoms with Gasteiger partial charge in [-0.1, -0.05) is 6.92 Å². The van der Waals surface area contributed by atoms with Crippen molar-refractivity contribution in [3.8, 4) is 0 Å². The molecule has 0 bridgehead atoms. The summed E-state index contributed by atoms with van der Waals surface area (Å²) in [6.45, 7) is 3.89. The minimum absolute atomic E-state index is 0.113. The molecule has 1 fully saturated rings. The molecule has 3 rings (SSSR count). The van der Waals surface area contributed by atoms with Crippen molar-refractivity contribution in [2.45, 2.75) is 32.2 Å². The molecule has 0 spiro atoms. The van der Waals surface area contributed by atoms with Gasteiger partial charge in [0.15, 0.2) is 0 Å². The van der Waals surface area contributed by atoms with Crippen LogP contribution in [0.5, 0.6) is 0 Å². The van der Waals surface area contributed by atoms with Crippen LogP contribution in [0.15, 0.2) is 6.20 Å². The number of hydrogen-bond acceptors (Lipinski definition) is 3. The second-order valence-corrected chi connectivity index (χ2v) is 5.87. The molecule has 0 aromatic carbocycles. The van der Waals surface area contributed by atoms with Gasteiger partial charge < -0.3 is 10.6 Å². The lowest BCUT2D eigenvalue weighted by molar-refractivity contribution is -0.126. The van der Waals surface area contributed by atoms with Gasteiger partial charge in [0.1, 0.15) is 0 Å². The molecule has 0 saturated carbocycles. The van der Waals surface area contributed by atoms with E-state index in [1.165, 1.54) is 11.3 Å². The van der Waals surface area contributed by atoms with E-state index in [2.05, 4.69) is 22.7 Å². The molecule has 5 heteroatoms. The second kappa shape index (κ2) is 4.96. The van der Waals surface area contributed by atoms with Crippen molar-refractivity contribution in [1.29, 1.82) is 0 Å². The number of nitrogens with zero attached hydrogens (tertiary/aromatic N) is 2. The normalized spacial score (nSPS) is 30.1. The maximum Gasteiger partial charge on any atom is 0.225 e. The summed E-state index contributed by atoms with van der Waals surface area (Å²) in [5, 5.41) is 10.8. The van der Waals surface area contributed by atoms with E-state index in [1.807, 2.05) is 17.9 Å². The van der Waals surface area contributed by atoms with Crippen molar-refractivity contribution < 1.29 is 4.79 Å². The first kappa shape index (κ1) is 12.7. The average molecular weight is 262 g/mol. The fourth-order valence-corrected chi connectivity index (χ4v) is 3.30. The van der Waals surface area contributed by atoms with Gasteiger partial charge >= 0.3 is 0 Å². The Hall–Kier alpha value is -1.36. The van der Waals surface area contributed by atoms with E-state index in [-0.39, 0.29) is 17.9 Å². The van der Waals surface area contributed by atoms with Crippen LogP contribution in [0.1, 0.15) is 37.1 Å². The summed E-state index contributed by atoms with van der Waals surface area (Å²) in [5.74, 6) is 0.734. The van der Waals surface area contributed by atoms with Crippen molar-refractivity contribution in [3.63, 3.8) is 0 Å². The number of fused-ring (bicyclic) bond motifs is 1. The quantitative estimate of drug-likeness (QED) is 0.827. The molecule has 2 aliphatic rings. The zero-order chi connectivity index (χ0) is 13.4. The van der Waals surface area contributed by atoms with Crippen LogP contribution < -0.4 is 10.6 Å². The molecular weight excluding hydrogens is 240 g/mol. The third-order valence-electron chi connectivity index (χ3n) is 4.55. The van der Waals surface area contributed by atoms with Crippen LogP contribution in [0.25, 0.3) is 0 Å². The fraction of sp³-hybridized carbons (Fsp3) is 0.714. The minimum Gasteiger partial charge on any atom is -0.349 e.